The van der Waals surface area contributed by atoms with Crippen LogP contribution >= 0.6 is 12.4 Å². The molecule has 0 saturated heterocycles. The topological polar surface area (TPSA) is 66.0 Å². The molecule has 1 aromatic heterocycles. The van der Waals surface area contributed by atoms with Gasteiger partial charge in [-0.15, -0.1) is 12.4 Å². The molecule has 0 aliphatic rings. The van der Waals surface area contributed by atoms with Crippen molar-refractivity contribution in [3.05, 3.63) is 30.1 Å². The molecule has 0 aliphatic heterocycles. The SMILES string of the molecule is Cl.O=C(O)c1nc2ccccc2[nH]1. The number of hydrogen-bond donors (Lipinski definition) is 2. The Morgan fingerprint density at radius 3 is 2.69 bits per heavy atom. The average Bonchev–Trinajstić information content (AvgIpc) is 2.46. The Balaban J connectivity index is 0.000000845. The summed E-state index contributed by atoms with van der Waals surface area (Å²) >= 11 is 0. The van der Waals surface area contributed by atoms with Crippen LogP contribution in [-0.4, -0.2) is 21.0 Å². The second-order valence-corrected chi connectivity index (χ2v) is 2.41. The van der Waals surface area contributed by atoms with Crippen LogP contribution in [0.4, 0.5) is 0 Å². The van der Waals surface area contributed by atoms with Gasteiger partial charge in [-0.3, -0.25) is 0 Å². The van der Waals surface area contributed by atoms with Crippen molar-refractivity contribution in [2.24, 2.45) is 0 Å². The lowest BCUT2D eigenvalue weighted by Crippen LogP contribution is -1.97. The van der Waals surface area contributed by atoms with Crippen molar-refractivity contribution >= 4 is 29.4 Å². The highest BCUT2D eigenvalue weighted by molar-refractivity contribution is 5.88. The fourth-order valence-corrected chi connectivity index (χ4v) is 1.05. The van der Waals surface area contributed by atoms with Crippen LogP contribution in [0.25, 0.3) is 11.0 Å². The summed E-state index contributed by atoms with van der Waals surface area (Å²) in [6.45, 7) is 0. The molecule has 0 radical (unpaired) electrons. The largest absolute Gasteiger partial charge is 0.475 e. The van der Waals surface area contributed by atoms with Gasteiger partial charge >= 0.3 is 5.97 Å². The highest BCUT2D eigenvalue weighted by Gasteiger charge is 2.07. The maximum absolute atomic E-state index is 10.5. The summed E-state index contributed by atoms with van der Waals surface area (Å²) in [5.74, 6) is -1.05. The van der Waals surface area contributed by atoms with E-state index in [1.807, 2.05) is 12.1 Å². The van der Waals surface area contributed by atoms with Crippen LogP contribution in [0.1, 0.15) is 10.6 Å². The number of nitrogens with one attached hydrogen (secondary N) is 1. The molecular weight excluding hydrogens is 192 g/mol. The number of carbonyl (C=O) groups is 1. The van der Waals surface area contributed by atoms with Crippen LogP contribution in [-0.2, 0) is 0 Å². The van der Waals surface area contributed by atoms with Gasteiger partial charge in [0.25, 0.3) is 0 Å². The molecule has 0 fully saturated rings. The monoisotopic (exact) mass is 198 g/mol. The van der Waals surface area contributed by atoms with Gasteiger partial charge in [0.2, 0.25) is 5.82 Å². The molecule has 0 atom stereocenters. The highest BCUT2D eigenvalue weighted by Crippen LogP contribution is 2.09. The fourth-order valence-electron chi connectivity index (χ4n) is 1.05. The first-order valence-corrected chi connectivity index (χ1v) is 3.45. The third kappa shape index (κ3) is 1.62. The number of carboxylic acid groups (broad SMARTS) is 1. The number of fused-ring (bicyclic) bond motifs is 1. The number of halogens is 1. The van der Waals surface area contributed by atoms with E-state index in [9.17, 15) is 4.79 Å². The van der Waals surface area contributed by atoms with E-state index in [1.54, 1.807) is 12.1 Å². The van der Waals surface area contributed by atoms with Crippen molar-refractivity contribution in [2.45, 2.75) is 0 Å². The molecule has 0 spiro atoms. The van der Waals surface area contributed by atoms with Gasteiger partial charge in [0.15, 0.2) is 0 Å². The molecule has 0 unspecified atom stereocenters. The zero-order valence-corrected chi connectivity index (χ0v) is 7.34. The molecule has 2 N–H and O–H groups in total. The Bertz CT molecular complexity index is 405. The van der Waals surface area contributed by atoms with Crippen LogP contribution in [0, 0.1) is 0 Å². The van der Waals surface area contributed by atoms with Crippen molar-refractivity contribution in [1.29, 1.82) is 0 Å². The number of para-hydroxylation sites is 2. The highest BCUT2D eigenvalue weighted by atomic mass is 35.5. The number of carboxylic acids is 1. The first-order valence-electron chi connectivity index (χ1n) is 3.45. The summed E-state index contributed by atoms with van der Waals surface area (Å²) in [5.41, 5.74) is 1.42. The molecule has 5 heteroatoms. The third-order valence-electron chi connectivity index (χ3n) is 1.59. The molecule has 0 bridgehead atoms. The lowest BCUT2D eigenvalue weighted by Gasteiger charge is -1.81. The number of hydrogen-bond acceptors (Lipinski definition) is 2. The van der Waals surface area contributed by atoms with Crippen LogP contribution in [0.3, 0.4) is 0 Å². The zero-order valence-electron chi connectivity index (χ0n) is 6.52. The van der Waals surface area contributed by atoms with Crippen molar-refractivity contribution < 1.29 is 9.90 Å². The predicted molar refractivity (Wildman–Crippen MR) is 50.3 cm³/mol. The summed E-state index contributed by atoms with van der Waals surface area (Å²) in [6.07, 6.45) is 0. The fraction of sp³-hybridized carbons (Fsp3) is 0. The van der Waals surface area contributed by atoms with Gasteiger partial charge in [0, 0.05) is 0 Å². The summed E-state index contributed by atoms with van der Waals surface area (Å²) in [6, 6.07) is 7.19. The maximum atomic E-state index is 10.5. The van der Waals surface area contributed by atoms with Crippen LogP contribution in [0.5, 0.6) is 0 Å². The van der Waals surface area contributed by atoms with Crippen molar-refractivity contribution in [3.8, 4) is 0 Å². The Kier molecular flexibility index (Phi) is 2.53. The number of rotatable bonds is 1. The van der Waals surface area contributed by atoms with Crippen LogP contribution in [0.2, 0.25) is 0 Å². The molecule has 1 aromatic carbocycles. The number of nitrogens with zero attached hydrogens (tertiary/aromatic N) is 1. The smallest absolute Gasteiger partial charge is 0.371 e. The van der Waals surface area contributed by atoms with Crippen LogP contribution in [0.15, 0.2) is 24.3 Å². The first kappa shape index (κ1) is 9.54. The molecule has 0 saturated carbocycles. The third-order valence-corrected chi connectivity index (χ3v) is 1.59. The van der Waals surface area contributed by atoms with E-state index in [2.05, 4.69) is 9.97 Å². The minimum absolute atomic E-state index is 0. The lowest BCUT2D eigenvalue weighted by atomic mass is 10.3. The second kappa shape index (κ2) is 3.45. The van der Waals surface area contributed by atoms with Gasteiger partial charge in [-0.25, -0.2) is 9.78 Å². The zero-order chi connectivity index (χ0) is 8.55. The molecule has 0 amide bonds. The second-order valence-electron chi connectivity index (χ2n) is 2.41. The summed E-state index contributed by atoms with van der Waals surface area (Å²) < 4.78 is 0. The van der Waals surface area contributed by atoms with Gasteiger partial charge in [0.05, 0.1) is 11.0 Å². The Morgan fingerprint density at radius 1 is 1.38 bits per heavy atom. The van der Waals surface area contributed by atoms with E-state index in [1.165, 1.54) is 0 Å². The molecule has 68 valence electrons. The Morgan fingerprint density at radius 2 is 2.08 bits per heavy atom. The number of benzene rings is 1. The van der Waals surface area contributed by atoms with Crippen LogP contribution < -0.4 is 0 Å². The van der Waals surface area contributed by atoms with Crippen molar-refractivity contribution in [3.63, 3.8) is 0 Å². The summed E-state index contributed by atoms with van der Waals surface area (Å²) in [4.78, 5) is 17.0. The molecule has 13 heavy (non-hydrogen) atoms. The van der Waals surface area contributed by atoms with Gasteiger partial charge < -0.3 is 10.1 Å². The van der Waals surface area contributed by atoms with Gasteiger partial charge in [-0.2, -0.15) is 0 Å². The van der Waals surface area contributed by atoms with E-state index in [-0.39, 0.29) is 18.2 Å². The first-order chi connectivity index (χ1) is 5.77. The number of aromatic nitrogens is 2. The van der Waals surface area contributed by atoms with Crippen molar-refractivity contribution in [2.75, 3.05) is 0 Å². The minimum Gasteiger partial charge on any atom is -0.475 e. The Labute approximate surface area is 80.0 Å². The van der Waals surface area contributed by atoms with Gasteiger partial charge in [-0.1, -0.05) is 12.1 Å². The molecular formula is C8H7ClN2O2. The minimum atomic E-state index is -1.04. The normalized spacial score (nSPS) is 9.54. The Hall–Kier alpha value is -1.55. The summed E-state index contributed by atoms with van der Waals surface area (Å²) in [7, 11) is 0. The standard InChI is InChI=1S/C8H6N2O2.ClH/c11-8(12)7-9-5-3-1-2-4-6(5)10-7;/h1-4H,(H,9,10)(H,11,12);1H. The number of H-pyrrole nitrogens is 1. The van der Waals surface area contributed by atoms with E-state index in [0.29, 0.717) is 5.52 Å². The van der Waals surface area contributed by atoms with Gasteiger partial charge in [0.1, 0.15) is 0 Å². The maximum Gasteiger partial charge on any atom is 0.371 e. The number of aromatic amines is 1. The summed E-state index contributed by atoms with van der Waals surface area (Å²) in [5, 5.41) is 8.59. The lowest BCUT2D eigenvalue weighted by molar-refractivity contribution is 0.0685. The molecule has 0 aliphatic carbocycles. The molecule has 4 nitrogen and oxygen atoms in total. The van der Waals surface area contributed by atoms with E-state index in [0.717, 1.165) is 5.52 Å². The number of aromatic carboxylic acids is 1. The van der Waals surface area contributed by atoms with E-state index >= 15 is 0 Å². The van der Waals surface area contributed by atoms with E-state index in [4.69, 9.17) is 5.11 Å². The average molecular weight is 199 g/mol. The van der Waals surface area contributed by atoms with Crippen molar-refractivity contribution in [1.82, 2.24) is 9.97 Å². The quantitative estimate of drug-likeness (QED) is 0.733. The van der Waals surface area contributed by atoms with Gasteiger partial charge in [-0.05, 0) is 12.1 Å². The molecule has 2 rings (SSSR count). The van der Waals surface area contributed by atoms with E-state index < -0.39 is 5.97 Å². The predicted octanol–water partition coefficient (Wildman–Crippen LogP) is 1.68. The molecule has 1 heterocycles. The molecule has 2 aromatic rings. The number of imidazole rings is 1.